The number of halogens is 3. The van der Waals surface area contributed by atoms with Crippen LogP contribution >= 0.6 is 37.2 Å². The maximum absolute atomic E-state index is 10.8. The van der Waals surface area contributed by atoms with Crippen molar-refractivity contribution in [1.82, 2.24) is 0 Å². The number of carbonyl (C=O) groups is 3. The third-order valence-electron chi connectivity index (χ3n) is 4.22. The summed E-state index contributed by atoms with van der Waals surface area (Å²) in [5, 5.41) is 17.4. The van der Waals surface area contributed by atoms with Crippen LogP contribution in [0, 0.1) is 45.0 Å². The van der Waals surface area contributed by atoms with Gasteiger partial charge < -0.3 is 19.8 Å². The maximum Gasteiger partial charge on any atom is 0 e. The summed E-state index contributed by atoms with van der Waals surface area (Å²) in [5.74, 6) is -1.80. The second-order valence-electron chi connectivity index (χ2n) is 6.88. The van der Waals surface area contributed by atoms with Crippen molar-refractivity contribution in [2.45, 2.75) is 46.5 Å². The van der Waals surface area contributed by atoms with Gasteiger partial charge >= 0.3 is 62.4 Å². The van der Waals surface area contributed by atoms with Gasteiger partial charge in [0.15, 0.2) is 0 Å². The summed E-state index contributed by atoms with van der Waals surface area (Å²) in [6.07, 6.45) is 3.19. The van der Waals surface area contributed by atoms with Crippen LogP contribution in [-0.2, 0) is 27.2 Å². The molecule has 0 amide bonds. The van der Waals surface area contributed by atoms with Crippen LogP contribution in [0.5, 0.6) is 0 Å². The molecule has 2 aromatic rings. The maximum atomic E-state index is 10.8. The molecule has 0 aromatic heterocycles. The van der Waals surface area contributed by atoms with Crippen molar-refractivity contribution in [3.05, 3.63) is 69.8 Å². The average molecular weight is 1020 g/mol. The number of carbonyl (C=O) groups excluding carboxylic acids is 2. The molecule has 0 radical (unpaired) electrons. The first-order valence-corrected chi connectivity index (χ1v) is 22.0. The van der Waals surface area contributed by atoms with E-state index in [1.54, 1.807) is 25.1 Å². The molecule has 6 nitrogen and oxygen atoms in total. The van der Waals surface area contributed by atoms with E-state index in [-0.39, 0.29) is 55.3 Å². The van der Waals surface area contributed by atoms with Gasteiger partial charge in [0.25, 0.3) is 0 Å². The third kappa shape index (κ3) is 16.3. The summed E-state index contributed by atoms with van der Waals surface area (Å²) in [5.41, 5.74) is 4.27. The predicted molar refractivity (Wildman–Crippen MR) is 137 cm³/mol. The molecule has 2 rings (SSSR count). The first-order valence-electron chi connectivity index (χ1n) is 9.44. The molecule has 33 heavy (non-hydrogen) atoms. The van der Waals surface area contributed by atoms with Crippen LogP contribution in [0.1, 0.15) is 57.9 Å². The van der Waals surface area contributed by atoms with Crippen molar-refractivity contribution in [2.75, 3.05) is 0 Å². The molecule has 0 saturated carbocycles. The predicted octanol–water partition coefficient (Wildman–Crippen LogP) is 2.46. The van der Waals surface area contributed by atoms with Gasteiger partial charge in [-0.15, -0.1) is 23.3 Å². The number of hydrogen-bond donors (Lipinski definition) is 2. The van der Waals surface area contributed by atoms with Crippen molar-refractivity contribution in [2.24, 2.45) is 0 Å². The molecule has 0 atom stereocenters. The first kappa shape index (κ1) is 35.1. The van der Waals surface area contributed by atoms with Gasteiger partial charge in [-0.2, -0.15) is 6.07 Å². The van der Waals surface area contributed by atoms with Gasteiger partial charge in [0.2, 0.25) is 0 Å². The fourth-order valence-electron chi connectivity index (χ4n) is 2.72. The molecule has 0 saturated heterocycles. The van der Waals surface area contributed by atoms with Gasteiger partial charge in [0.05, 0.1) is 11.8 Å². The van der Waals surface area contributed by atoms with E-state index in [0.717, 1.165) is 16.7 Å². The van der Waals surface area contributed by atoms with Crippen LogP contribution in [0.25, 0.3) is 0 Å². The number of aliphatic carboxylic acids is 1. The molecule has 10 heteroatoms. The zero-order valence-corrected chi connectivity index (χ0v) is 29.1. The van der Waals surface area contributed by atoms with Gasteiger partial charge in [-0.3, -0.25) is 4.79 Å². The van der Waals surface area contributed by atoms with Gasteiger partial charge in [0.1, 0.15) is 5.78 Å². The SMILES string of the molecule is CC(=O)CCc1cc(C)ccc1[C-]=O.Cc1ccc(C(=O)O)c(CCC(=O)O)c1.I[I-]I.[U]. The molecule has 0 bridgehead atoms. The van der Waals surface area contributed by atoms with Crippen molar-refractivity contribution >= 4 is 61.2 Å². The van der Waals surface area contributed by atoms with Crippen LogP contribution in [-0.4, -0.2) is 34.2 Å². The minimum Gasteiger partial charge on any atom is 0 e. The molecule has 0 spiro atoms. The Labute approximate surface area is 248 Å². The van der Waals surface area contributed by atoms with Crippen molar-refractivity contribution < 1.29 is 73.8 Å². The molecular weight excluding hydrogens is 991 g/mol. The largest absolute Gasteiger partial charge is 0 e. The van der Waals surface area contributed by atoms with E-state index in [2.05, 4.69) is 37.2 Å². The Morgan fingerprint density at radius 1 is 0.909 bits per heavy atom. The Morgan fingerprint density at radius 2 is 1.39 bits per heavy atom. The van der Waals surface area contributed by atoms with Crippen molar-refractivity contribution in [3.8, 4) is 0 Å². The van der Waals surface area contributed by atoms with Crippen LogP contribution in [0.15, 0.2) is 36.4 Å². The summed E-state index contributed by atoms with van der Waals surface area (Å²) >= 11 is 5.30. The number of hydrogen-bond acceptors (Lipinski definition) is 4. The zero-order chi connectivity index (χ0) is 24.7. The molecule has 2 aromatic carbocycles. The van der Waals surface area contributed by atoms with Crippen molar-refractivity contribution in [1.29, 1.82) is 0 Å². The normalized spacial score (nSPS) is 9.36. The van der Waals surface area contributed by atoms with Crippen LogP contribution in [0.3, 0.4) is 0 Å². The Bertz CT molecular complexity index is 934. The van der Waals surface area contributed by atoms with Crippen molar-refractivity contribution in [3.63, 3.8) is 0 Å². The molecule has 0 fully saturated rings. The molecule has 0 aliphatic carbocycles. The van der Waals surface area contributed by atoms with E-state index in [1.165, 1.54) is 6.07 Å². The minimum atomic E-state index is -1.02. The Morgan fingerprint density at radius 3 is 1.85 bits per heavy atom. The molecule has 0 aliphatic rings. The standard InChI is InChI=1S/C12H13O2.C11H12O4.I3.U/c1-9-3-5-12(8-13)11(7-9)6-4-10(2)14;1-7-2-4-9(11(14)15)8(6-7)3-5-10(12)13;1-3-2;/h3,5,7H,4,6H2,1-2H3;2,4,6H,3,5H2,1H3,(H,12,13)(H,14,15);;/q-1;;-1;. The van der Waals surface area contributed by atoms with Crippen LogP contribution in [0.4, 0.5) is 0 Å². The Balaban J connectivity index is 0. The number of Topliss-reactive ketones (excluding diaryl/α,β-unsaturated/α-hetero) is 1. The minimum absolute atomic E-state index is 0. The monoisotopic (exact) mass is 1020 g/mol. The average Bonchev–Trinajstić information content (AvgIpc) is 2.71. The molecule has 0 aliphatic heterocycles. The van der Waals surface area contributed by atoms with E-state index in [4.69, 9.17) is 10.2 Å². The second kappa shape index (κ2) is 20.2. The molecule has 180 valence electrons. The number of ketones is 1. The molecule has 0 unspecified atom stereocenters. The van der Waals surface area contributed by atoms with Gasteiger partial charge in [-0.25, -0.2) is 4.79 Å². The fourth-order valence-corrected chi connectivity index (χ4v) is 2.72. The molecule has 2 N–H and O–H groups in total. The number of benzene rings is 2. The number of carboxylic acid groups (broad SMARTS) is 2. The van der Waals surface area contributed by atoms with E-state index in [9.17, 15) is 19.2 Å². The van der Waals surface area contributed by atoms with E-state index >= 15 is 0 Å². The summed E-state index contributed by atoms with van der Waals surface area (Å²) in [6.45, 7) is 5.36. The summed E-state index contributed by atoms with van der Waals surface area (Å²) in [6, 6.07) is 10.5. The van der Waals surface area contributed by atoms with Crippen LogP contribution < -0.4 is 13.3 Å². The molecular formula is C23H25I3O6U-2. The van der Waals surface area contributed by atoms with Gasteiger partial charge in [-0.05, 0) is 45.2 Å². The summed E-state index contributed by atoms with van der Waals surface area (Å²) in [7, 11) is 0. The quantitative estimate of drug-likeness (QED) is 0.311. The number of rotatable bonds is 8. The smallest absolute Gasteiger partial charge is 0 e. The summed E-state index contributed by atoms with van der Waals surface area (Å²) < 4.78 is 0. The number of aromatic carboxylic acids is 1. The first-order chi connectivity index (χ1) is 15.0. The summed E-state index contributed by atoms with van der Waals surface area (Å²) in [4.78, 5) is 42.6. The van der Waals surface area contributed by atoms with Gasteiger partial charge in [0, 0.05) is 37.5 Å². The Kier molecular flexibility index (Phi) is 21.5. The Hall–Kier alpha value is -0.0381. The molecule has 0 heterocycles. The van der Waals surface area contributed by atoms with Crippen LogP contribution in [0.2, 0.25) is 0 Å². The zero-order valence-electron chi connectivity index (χ0n) is 18.5. The van der Waals surface area contributed by atoms with E-state index < -0.39 is 11.9 Å². The van der Waals surface area contributed by atoms with E-state index in [0.29, 0.717) is 37.2 Å². The fraction of sp³-hybridized carbons (Fsp3) is 0.304. The third-order valence-corrected chi connectivity index (χ3v) is 4.22. The topological polar surface area (TPSA) is 109 Å². The second-order valence-corrected chi connectivity index (χ2v) is 23.1. The van der Waals surface area contributed by atoms with E-state index in [1.807, 2.05) is 32.3 Å². The number of carboxylic acids is 2. The van der Waals surface area contributed by atoms with Gasteiger partial charge in [-0.1, -0.05) is 29.7 Å². The number of aryl methyl sites for hydroxylation is 4.